The van der Waals surface area contributed by atoms with Crippen molar-refractivity contribution in [3.8, 4) is 5.75 Å². The molecular formula is C26H26FN3O5S. The van der Waals surface area contributed by atoms with Gasteiger partial charge in [-0.05, 0) is 48.4 Å². The van der Waals surface area contributed by atoms with E-state index in [1.807, 2.05) is 30.3 Å². The van der Waals surface area contributed by atoms with E-state index in [1.165, 1.54) is 11.9 Å². The monoisotopic (exact) mass is 511 g/mol. The van der Waals surface area contributed by atoms with E-state index in [2.05, 4.69) is 5.32 Å². The zero-order valence-corrected chi connectivity index (χ0v) is 20.4. The summed E-state index contributed by atoms with van der Waals surface area (Å²) in [5.74, 6) is -1.11. The number of fused-ring (bicyclic) bond motifs is 1. The molecule has 0 unspecified atom stereocenters. The van der Waals surface area contributed by atoms with Crippen LogP contribution in [0, 0.1) is 5.82 Å². The number of benzene rings is 3. The number of hydrogen-bond donors (Lipinski definition) is 1. The van der Waals surface area contributed by atoms with Crippen molar-refractivity contribution in [2.45, 2.75) is 17.4 Å². The summed E-state index contributed by atoms with van der Waals surface area (Å²) in [7, 11) is -2.75. The maximum Gasteiger partial charge on any atom is 0.262 e. The SMILES string of the molecule is CN(CC(=O)N1C[C@H](C(=O)NCCc2ccccc2)Oc2ccccc21)S(=O)(=O)c1ccc(F)cc1. The van der Waals surface area contributed by atoms with Crippen LogP contribution in [0.5, 0.6) is 5.75 Å². The first kappa shape index (κ1) is 25.3. The van der Waals surface area contributed by atoms with Gasteiger partial charge in [-0.1, -0.05) is 42.5 Å². The van der Waals surface area contributed by atoms with Crippen molar-refractivity contribution in [1.29, 1.82) is 0 Å². The van der Waals surface area contributed by atoms with E-state index in [0.29, 0.717) is 24.4 Å². The minimum absolute atomic E-state index is 0.0720. The van der Waals surface area contributed by atoms with Crippen molar-refractivity contribution in [3.63, 3.8) is 0 Å². The topological polar surface area (TPSA) is 96.0 Å². The summed E-state index contributed by atoms with van der Waals surface area (Å²) in [6, 6.07) is 20.9. The Balaban J connectivity index is 1.45. The molecular weight excluding hydrogens is 485 g/mol. The van der Waals surface area contributed by atoms with Crippen LogP contribution in [0.2, 0.25) is 0 Å². The first-order valence-electron chi connectivity index (χ1n) is 11.4. The standard InChI is InChI=1S/C26H26FN3O5S/c1-29(36(33,34)21-13-11-20(27)12-14-21)18-25(31)30-17-24(35-23-10-6-5-9-22(23)30)26(32)28-16-15-19-7-3-2-4-8-19/h2-14,24H,15-18H2,1H3,(H,28,32)/t24-/m1/s1. The summed E-state index contributed by atoms with van der Waals surface area (Å²) in [6.45, 7) is -0.148. The highest BCUT2D eigenvalue weighted by atomic mass is 32.2. The predicted octanol–water partition coefficient (Wildman–Crippen LogP) is 2.60. The summed E-state index contributed by atoms with van der Waals surface area (Å²) in [4.78, 5) is 27.3. The Morgan fingerprint density at radius 2 is 1.69 bits per heavy atom. The second-order valence-electron chi connectivity index (χ2n) is 8.32. The van der Waals surface area contributed by atoms with Crippen LogP contribution < -0.4 is 15.0 Å². The van der Waals surface area contributed by atoms with E-state index in [9.17, 15) is 22.4 Å². The van der Waals surface area contributed by atoms with Crippen LogP contribution in [0.3, 0.4) is 0 Å². The molecule has 4 rings (SSSR count). The van der Waals surface area contributed by atoms with Crippen LogP contribution >= 0.6 is 0 Å². The summed E-state index contributed by atoms with van der Waals surface area (Å²) >= 11 is 0. The second kappa shape index (κ2) is 10.9. The number of nitrogens with zero attached hydrogens (tertiary/aromatic N) is 2. The van der Waals surface area contributed by atoms with Gasteiger partial charge in [-0.25, -0.2) is 12.8 Å². The highest BCUT2D eigenvalue weighted by molar-refractivity contribution is 7.89. The summed E-state index contributed by atoms with van der Waals surface area (Å²) in [6.07, 6.45) is -0.316. The van der Waals surface area contributed by atoms with Crippen molar-refractivity contribution in [1.82, 2.24) is 9.62 Å². The van der Waals surface area contributed by atoms with Crippen molar-refractivity contribution >= 4 is 27.5 Å². The van der Waals surface area contributed by atoms with Crippen molar-refractivity contribution in [2.75, 3.05) is 31.6 Å². The third-order valence-electron chi connectivity index (χ3n) is 5.80. The molecule has 0 aromatic heterocycles. The van der Waals surface area contributed by atoms with Gasteiger partial charge in [-0.2, -0.15) is 4.31 Å². The molecule has 2 amide bonds. The third kappa shape index (κ3) is 5.72. The number of anilines is 1. The Labute approximate surface area is 209 Å². The number of ether oxygens (including phenoxy) is 1. The van der Waals surface area contributed by atoms with Gasteiger partial charge in [0, 0.05) is 13.6 Å². The fraction of sp³-hybridized carbons (Fsp3) is 0.231. The molecule has 8 nitrogen and oxygen atoms in total. The Bertz CT molecular complexity index is 1330. The molecule has 36 heavy (non-hydrogen) atoms. The van der Waals surface area contributed by atoms with Gasteiger partial charge in [-0.15, -0.1) is 0 Å². The van der Waals surface area contributed by atoms with E-state index in [0.717, 1.165) is 34.1 Å². The molecule has 0 saturated heterocycles. The van der Waals surface area contributed by atoms with Crippen LogP contribution in [-0.2, 0) is 26.0 Å². The maximum absolute atomic E-state index is 13.2. The number of likely N-dealkylation sites (N-methyl/N-ethyl adjacent to an activating group) is 1. The van der Waals surface area contributed by atoms with E-state index in [-0.39, 0.29) is 17.3 Å². The maximum atomic E-state index is 13.2. The zero-order valence-electron chi connectivity index (χ0n) is 19.6. The molecule has 0 radical (unpaired) electrons. The van der Waals surface area contributed by atoms with E-state index < -0.39 is 34.4 Å². The van der Waals surface area contributed by atoms with Gasteiger partial charge in [-0.3, -0.25) is 9.59 Å². The average Bonchev–Trinajstić information content (AvgIpc) is 2.88. The van der Waals surface area contributed by atoms with Gasteiger partial charge in [0.1, 0.15) is 11.6 Å². The second-order valence-corrected chi connectivity index (χ2v) is 10.4. The molecule has 0 aliphatic carbocycles. The molecule has 1 aliphatic rings. The molecule has 0 spiro atoms. The predicted molar refractivity (Wildman–Crippen MR) is 133 cm³/mol. The summed E-state index contributed by atoms with van der Waals surface area (Å²) in [5.41, 5.74) is 1.53. The summed E-state index contributed by atoms with van der Waals surface area (Å²) < 4.78 is 45.7. The van der Waals surface area contributed by atoms with Crippen LogP contribution in [0.15, 0.2) is 83.8 Å². The van der Waals surface area contributed by atoms with E-state index in [4.69, 9.17) is 4.74 Å². The number of sulfonamides is 1. The number of nitrogens with one attached hydrogen (secondary N) is 1. The molecule has 1 N–H and O–H groups in total. The molecule has 1 heterocycles. The van der Waals surface area contributed by atoms with Crippen LogP contribution in [0.25, 0.3) is 0 Å². The fourth-order valence-corrected chi connectivity index (χ4v) is 4.96. The number of halogens is 1. The Morgan fingerprint density at radius 1 is 1.03 bits per heavy atom. The first-order chi connectivity index (χ1) is 17.3. The van der Waals surface area contributed by atoms with Crippen molar-refractivity contribution in [2.24, 2.45) is 0 Å². The molecule has 188 valence electrons. The number of carbonyl (C=O) groups excluding carboxylic acids is 2. The number of amides is 2. The normalized spacial score (nSPS) is 15.2. The van der Waals surface area contributed by atoms with Crippen LogP contribution in [-0.4, -0.2) is 57.3 Å². The molecule has 1 atom stereocenters. The number of para-hydroxylation sites is 2. The number of rotatable bonds is 8. The molecule has 1 aliphatic heterocycles. The largest absolute Gasteiger partial charge is 0.477 e. The fourth-order valence-electron chi connectivity index (χ4n) is 3.84. The first-order valence-corrected chi connectivity index (χ1v) is 12.8. The minimum Gasteiger partial charge on any atom is -0.477 e. The van der Waals surface area contributed by atoms with Crippen LogP contribution in [0.1, 0.15) is 5.56 Å². The lowest BCUT2D eigenvalue weighted by Crippen LogP contribution is -2.52. The number of hydrogen-bond acceptors (Lipinski definition) is 5. The van der Waals surface area contributed by atoms with Gasteiger partial charge in [0.15, 0.2) is 6.10 Å². The quantitative estimate of drug-likeness (QED) is 0.502. The van der Waals surface area contributed by atoms with Gasteiger partial charge >= 0.3 is 0 Å². The molecule has 0 saturated carbocycles. The van der Waals surface area contributed by atoms with E-state index >= 15 is 0 Å². The lowest BCUT2D eigenvalue weighted by molar-refractivity contribution is -0.128. The molecule has 10 heteroatoms. The minimum atomic E-state index is -4.03. The highest BCUT2D eigenvalue weighted by Gasteiger charge is 2.35. The van der Waals surface area contributed by atoms with Crippen LogP contribution in [0.4, 0.5) is 10.1 Å². The molecule has 0 bridgehead atoms. The molecule has 3 aromatic rings. The zero-order chi connectivity index (χ0) is 25.7. The van der Waals surface area contributed by atoms with Crippen molar-refractivity contribution < 1.29 is 27.1 Å². The smallest absolute Gasteiger partial charge is 0.262 e. The highest BCUT2D eigenvalue weighted by Crippen LogP contribution is 2.33. The average molecular weight is 512 g/mol. The summed E-state index contributed by atoms with van der Waals surface area (Å²) in [5, 5.41) is 2.84. The van der Waals surface area contributed by atoms with Gasteiger partial charge in [0.25, 0.3) is 5.91 Å². The van der Waals surface area contributed by atoms with Gasteiger partial charge < -0.3 is 15.0 Å². The Morgan fingerprint density at radius 3 is 2.42 bits per heavy atom. The molecule has 3 aromatic carbocycles. The number of carbonyl (C=O) groups is 2. The Kier molecular flexibility index (Phi) is 7.66. The van der Waals surface area contributed by atoms with Gasteiger partial charge in [0.05, 0.1) is 23.7 Å². The van der Waals surface area contributed by atoms with Crippen molar-refractivity contribution in [3.05, 3.63) is 90.2 Å². The van der Waals surface area contributed by atoms with Gasteiger partial charge in [0.2, 0.25) is 15.9 Å². The third-order valence-corrected chi connectivity index (χ3v) is 7.62. The lowest BCUT2D eigenvalue weighted by Gasteiger charge is -2.35. The van der Waals surface area contributed by atoms with E-state index in [1.54, 1.807) is 24.3 Å². The molecule has 0 fully saturated rings. The Hall–Kier alpha value is -3.76. The lowest BCUT2D eigenvalue weighted by atomic mass is 10.1.